The van der Waals surface area contributed by atoms with Gasteiger partial charge in [-0.1, -0.05) is 13.3 Å². The summed E-state index contributed by atoms with van der Waals surface area (Å²) in [5.41, 5.74) is 0. The quantitative estimate of drug-likeness (QED) is 0.800. The first-order chi connectivity index (χ1) is 9.20. The molecule has 2 N–H and O–H groups in total. The average molecular weight is 264 g/mol. The number of fused-ring (bicyclic) bond motifs is 5. The largest absolute Gasteiger partial charge is 0.355 e. The third kappa shape index (κ3) is 2.42. The van der Waals surface area contributed by atoms with Crippen molar-refractivity contribution in [3.63, 3.8) is 0 Å². The molecule has 3 rings (SSSR count). The Morgan fingerprint density at radius 1 is 1.21 bits per heavy atom. The van der Waals surface area contributed by atoms with Crippen molar-refractivity contribution in [1.82, 2.24) is 10.6 Å². The van der Waals surface area contributed by atoms with E-state index in [0.29, 0.717) is 6.04 Å². The van der Waals surface area contributed by atoms with Gasteiger partial charge in [0.1, 0.15) is 0 Å². The molecule has 3 aliphatic carbocycles. The van der Waals surface area contributed by atoms with Crippen molar-refractivity contribution in [1.29, 1.82) is 0 Å². The van der Waals surface area contributed by atoms with Crippen molar-refractivity contribution in [2.75, 3.05) is 6.54 Å². The van der Waals surface area contributed by atoms with Crippen molar-refractivity contribution >= 4 is 5.91 Å². The monoisotopic (exact) mass is 264 g/mol. The Morgan fingerprint density at radius 3 is 2.79 bits per heavy atom. The highest BCUT2D eigenvalue weighted by Crippen LogP contribution is 2.58. The summed E-state index contributed by atoms with van der Waals surface area (Å²) in [6.07, 6.45) is 8.12. The molecule has 3 saturated carbocycles. The summed E-state index contributed by atoms with van der Waals surface area (Å²) >= 11 is 0. The van der Waals surface area contributed by atoms with Crippen LogP contribution in [0.2, 0.25) is 0 Å². The Hall–Kier alpha value is -0.570. The summed E-state index contributed by atoms with van der Waals surface area (Å²) in [6, 6.07) is 0.572. The zero-order valence-electron chi connectivity index (χ0n) is 12.3. The van der Waals surface area contributed by atoms with Crippen LogP contribution in [0.25, 0.3) is 0 Å². The van der Waals surface area contributed by atoms with Gasteiger partial charge in [-0.25, -0.2) is 0 Å². The van der Waals surface area contributed by atoms with Crippen LogP contribution in [-0.4, -0.2) is 24.5 Å². The molecule has 108 valence electrons. The van der Waals surface area contributed by atoms with Crippen molar-refractivity contribution in [3.8, 4) is 0 Å². The molecule has 0 aromatic heterocycles. The molecule has 6 unspecified atom stereocenters. The van der Waals surface area contributed by atoms with Gasteiger partial charge < -0.3 is 10.6 Å². The highest BCUT2D eigenvalue weighted by atomic mass is 16.2. The van der Waals surface area contributed by atoms with Crippen LogP contribution in [-0.2, 0) is 4.79 Å². The molecule has 0 aromatic carbocycles. The van der Waals surface area contributed by atoms with Crippen LogP contribution < -0.4 is 10.6 Å². The fraction of sp³-hybridized carbons (Fsp3) is 0.938. The molecule has 3 fully saturated rings. The van der Waals surface area contributed by atoms with Gasteiger partial charge in [0.2, 0.25) is 5.91 Å². The van der Waals surface area contributed by atoms with Gasteiger partial charge in [0, 0.05) is 12.6 Å². The van der Waals surface area contributed by atoms with Gasteiger partial charge in [0.05, 0.1) is 6.04 Å². The summed E-state index contributed by atoms with van der Waals surface area (Å²) in [5, 5.41) is 6.61. The SMILES string of the molecule is CCCNC(=O)C(C)NC1CC2CC1C1CCCC21. The Morgan fingerprint density at radius 2 is 2.00 bits per heavy atom. The first-order valence-corrected chi connectivity index (χ1v) is 8.24. The van der Waals surface area contributed by atoms with E-state index in [9.17, 15) is 4.79 Å². The van der Waals surface area contributed by atoms with Crippen molar-refractivity contribution in [2.45, 2.75) is 64.5 Å². The van der Waals surface area contributed by atoms with E-state index in [0.717, 1.165) is 36.6 Å². The maximum atomic E-state index is 12.0. The molecule has 0 spiro atoms. The summed E-state index contributed by atoms with van der Waals surface area (Å²) < 4.78 is 0. The second-order valence-corrected chi connectivity index (χ2v) is 6.94. The van der Waals surface area contributed by atoms with Crippen LogP contribution in [0.3, 0.4) is 0 Å². The van der Waals surface area contributed by atoms with Gasteiger partial charge in [-0.05, 0) is 62.7 Å². The molecule has 19 heavy (non-hydrogen) atoms. The highest BCUT2D eigenvalue weighted by molar-refractivity contribution is 5.81. The topological polar surface area (TPSA) is 41.1 Å². The van der Waals surface area contributed by atoms with Gasteiger partial charge in [-0.2, -0.15) is 0 Å². The minimum Gasteiger partial charge on any atom is -0.355 e. The lowest BCUT2D eigenvalue weighted by atomic mass is 9.79. The molecule has 0 heterocycles. The molecule has 0 saturated heterocycles. The summed E-state index contributed by atoms with van der Waals surface area (Å²) in [4.78, 5) is 12.0. The number of carbonyl (C=O) groups is 1. The summed E-state index contributed by atoms with van der Waals surface area (Å²) in [7, 11) is 0. The summed E-state index contributed by atoms with van der Waals surface area (Å²) in [5.74, 6) is 4.00. The third-order valence-electron chi connectivity index (χ3n) is 5.84. The molecule has 3 aliphatic rings. The minimum atomic E-state index is -0.0317. The zero-order chi connectivity index (χ0) is 13.4. The van der Waals surface area contributed by atoms with E-state index in [-0.39, 0.29) is 11.9 Å². The standard InChI is InChI=1S/C16H28N2O/c1-3-7-17-16(19)10(2)18-15-9-11-8-14(15)13-6-4-5-12(11)13/h10-15,18H,3-9H2,1-2H3,(H,17,19). The van der Waals surface area contributed by atoms with Gasteiger partial charge in [0.25, 0.3) is 0 Å². The molecule has 3 heteroatoms. The van der Waals surface area contributed by atoms with Crippen molar-refractivity contribution < 1.29 is 4.79 Å². The van der Waals surface area contributed by atoms with E-state index in [1.54, 1.807) is 0 Å². The van der Waals surface area contributed by atoms with Gasteiger partial charge >= 0.3 is 0 Å². The molecule has 0 aromatic rings. The van der Waals surface area contributed by atoms with Crippen LogP contribution in [0.1, 0.15) is 52.4 Å². The number of nitrogens with one attached hydrogen (secondary N) is 2. The average Bonchev–Trinajstić information content (AvgIpc) is 3.06. The maximum absolute atomic E-state index is 12.0. The molecule has 0 aliphatic heterocycles. The predicted molar refractivity (Wildman–Crippen MR) is 76.7 cm³/mol. The van der Waals surface area contributed by atoms with Crippen LogP contribution in [0.15, 0.2) is 0 Å². The number of hydrogen-bond donors (Lipinski definition) is 2. The molecular weight excluding hydrogens is 236 g/mol. The molecule has 1 amide bonds. The smallest absolute Gasteiger partial charge is 0.236 e. The lowest BCUT2D eigenvalue weighted by Crippen LogP contribution is -2.50. The lowest BCUT2D eigenvalue weighted by molar-refractivity contribution is -0.123. The first-order valence-electron chi connectivity index (χ1n) is 8.24. The number of hydrogen-bond acceptors (Lipinski definition) is 2. The van der Waals surface area contributed by atoms with E-state index in [4.69, 9.17) is 0 Å². The van der Waals surface area contributed by atoms with Crippen LogP contribution in [0.4, 0.5) is 0 Å². The third-order valence-corrected chi connectivity index (χ3v) is 5.84. The molecular formula is C16H28N2O. The van der Waals surface area contributed by atoms with Gasteiger partial charge in [-0.3, -0.25) is 4.79 Å². The van der Waals surface area contributed by atoms with E-state index in [1.165, 1.54) is 32.1 Å². The van der Waals surface area contributed by atoms with Crippen LogP contribution >= 0.6 is 0 Å². The van der Waals surface area contributed by atoms with E-state index < -0.39 is 0 Å². The Kier molecular flexibility index (Phi) is 3.84. The molecule has 2 bridgehead atoms. The van der Waals surface area contributed by atoms with Crippen LogP contribution in [0, 0.1) is 23.7 Å². The fourth-order valence-electron chi connectivity index (χ4n) is 5.06. The second kappa shape index (κ2) is 5.43. The van der Waals surface area contributed by atoms with Gasteiger partial charge in [0.15, 0.2) is 0 Å². The Labute approximate surface area is 116 Å². The van der Waals surface area contributed by atoms with Gasteiger partial charge in [-0.15, -0.1) is 0 Å². The Bertz CT molecular complexity index is 344. The Balaban J connectivity index is 1.53. The molecule has 3 nitrogen and oxygen atoms in total. The van der Waals surface area contributed by atoms with E-state index in [2.05, 4.69) is 17.6 Å². The second-order valence-electron chi connectivity index (χ2n) is 6.94. The predicted octanol–water partition coefficient (Wildman–Crippen LogP) is 2.32. The molecule has 0 radical (unpaired) electrons. The lowest BCUT2D eigenvalue weighted by Gasteiger charge is -2.33. The summed E-state index contributed by atoms with van der Waals surface area (Å²) in [6.45, 7) is 4.91. The number of carbonyl (C=O) groups excluding carboxylic acids is 1. The van der Waals surface area contributed by atoms with E-state index >= 15 is 0 Å². The molecule has 6 atom stereocenters. The van der Waals surface area contributed by atoms with Crippen LogP contribution in [0.5, 0.6) is 0 Å². The highest BCUT2D eigenvalue weighted by Gasteiger charge is 2.53. The van der Waals surface area contributed by atoms with Crippen molar-refractivity contribution in [2.24, 2.45) is 23.7 Å². The normalized spacial score (nSPS) is 41.3. The first kappa shape index (κ1) is 13.4. The minimum absolute atomic E-state index is 0.0317. The number of rotatable bonds is 5. The zero-order valence-corrected chi connectivity index (χ0v) is 12.3. The number of amides is 1. The maximum Gasteiger partial charge on any atom is 0.236 e. The van der Waals surface area contributed by atoms with E-state index in [1.807, 2.05) is 6.92 Å². The van der Waals surface area contributed by atoms with Crippen molar-refractivity contribution in [3.05, 3.63) is 0 Å². The fourth-order valence-corrected chi connectivity index (χ4v) is 5.06.